The Labute approximate surface area is 152 Å². The molecule has 0 aromatic carbocycles. The van der Waals surface area contributed by atoms with E-state index in [4.69, 9.17) is 0 Å². The molecule has 1 aliphatic rings. The molecule has 0 atom stereocenters. The molecule has 0 aliphatic carbocycles. The minimum Gasteiger partial charge on any atom is -0.356 e. The van der Waals surface area contributed by atoms with E-state index in [1.54, 1.807) is 12.7 Å². The number of anilines is 2. The van der Waals surface area contributed by atoms with E-state index in [-0.39, 0.29) is 0 Å². The maximum absolute atomic E-state index is 4.52. The van der Waals surface area contributed by atoms with Crippen LogP contribution in [0.2, 0.25) is 0 Å². The second kappa shape index (κ2) is 6.51. The first-order valence-corrected chi connectivity index (χ1v) is 8.98. The molecule has 1 saturated heterocycles. The van der Waals surface area contributed by atoms with Crippen molar-refractivity contribution in [1.82, 2.24) is 29.5 Å². The summed E-state index contributed by atoms with van der Waals surface area (Å²) >= 11 is 0. The molecule has 0 bridgehead atoms. The van der Waals surface area contributed by atoms with Gasteiger partial charge >= 0.3 is 0 Å². The zero-order valence-corrected chi connectivity index (χ0v) is 15.7. The minimum absolute atomic E-state index is 0.468. The molecule has 1 aliphatic heterocycles. The van der Waals surface area contributed by atoms with Crippen LogP contribution in [-0.4, -0.2) is 55.7 Å². The summed E-state index contributed by atoms with van der Waals surface area (Å²) in [4.78, 5) is 22.1. The van der Waals surface area contributed by atoms with E-state index in [0.717, 1.165) is 49.0 Å². The smallest absolute Gasteiger partial charge is 0.254 e. The molecule has 8 heteroatoms. The van der Waals surface area contributed by atoms with E-state index < -0.39 is 0 Å². The van der Waals surface area contributed by atoms with Crippen molar-refractivity contribution in [2.24, 2.45) is 0 Å². The molecule has 3 aromatic heterocycles. The Bertz CT molecular complexity index is 926. The molecular formula is C18H24N8. The van der Waals surface area contributed by atoms with Crippen molar-refractivity contribution in [3.63, 3.8) is 0 Å². The molecule has 26 heavy (non-hydrogen) atoms. The van der Waals surface area contributed by atoms with E-state index in [0.29, 0.717) is 11.8 Å². The number of aromatic nitrogens is 6. The molecule has 136 valence electrons. The predicted octanol–water partition coefficient (Wildman–Crippen LogP) is 1.94. The first-order valence-electron chi connectivity index (χ1n) is 8.98. The van der Waals surface area contributed by atoms with Gasteiger partial charge in [-0.15, -0.1) is 0 Å². The van der Waals surface area contributed by atoms with Crippen molar-refractivity contribution >= 4 is 17.4 Å². The summed E-state index contributed by atoms with van der Waals surface area (Å²) < 4.78 is 1.86. The summed E-state index contributed by atoms with van der Waals surface area (Å²) in [6, 6.07) is 2.51. The van der Waals surface area contributed by atoms with Crippen LogP contribution < -0.4 is 9.80 Å². The lowest BCUT2D eigenvalue weighted by Gasteiger charge is -2.38. The Morgan fingerprint density at radius 2 is 1.81 bits per heavy atom. The molecule has 4 heterocycles. The van der Waals surface area contributed by atoms with Crippen LogP contribution in [0.5, 0.6) is 0 Å². The number of hydrogen-bond acceptors (Lipinski definition) is 7. The number of hydrogen-bond donors (Lipinski definition) is 0. The second-order valence-corrected chi connectivity index (χ2v) is 6.96. The summed E-state index contributed by atoms with van der Waals surface area (Å²) in [7, 11) is 2.12. The molecule has 8 nitrogen and oxygen atoms in total. The molecule has 4 rings (SSSR count). The molecule has 1 fully saturated rings. The predicted molar refractivity (Wildman–Crippen MR) is 101 cm³/mol. The van der Waals surface area contributed by atoms with Crippen molar-refractivity contribution in [3.8, 4) is 0 Å². The lowest BCUT2D eigenvalue weighted by atomic mass is 10.0. The van der Waals surface area contributed by atoms with Crippen molar-refractivity contribution in [1.29, 1.82) is 0 Å². The van der Waals surface area contributed by atoms with Gasteiger partial charge in [-0.2, -0.15) is 14.6 Å². The molecule has 0 spiro atoms. The van der Waals surface area contributed by atoms with Crippen LogP contribution in [0.4, 0.5) is 11.6 Å². The SMILES string of the molecule is Cc1cc(N(C)C2CCN(c3c(C)c(C)nc4ncnn34)CC2)ncn1. The molecule has 0 amide bonds. The molecule has 0 N–H and O–H groups in total. The second-order valence-electron chi connectivity index (χ2n) is 6.96. The number of piperidine rings is 1. The summed E-state index contributed by atoms with van der Waals surface area (Å²) in [6.45, 7) is 8.09. The fourth-order valence-corrected chi connectivity index (χ4v) is 3.67. The summed E-state index contributed by atoms with van der Waals surface area (Å²) in [5.41, 5.74) is 3.17. The monoisotopic (exact) mass is 352 g/mol. The maximum atomic E-state index is 4.52. The summed E-state index contributed by atoms with van der Waals surface area (Å²) in [5.74, 6) is 2.77. The Balaban J connectivity index is 1.54. The van der Waals surface area contributed by atoms with Crippen molar-refractivity contribution in [2.45, 2.75) is 39.7 Å². The molecule has 3 aromatic rings. The standard InChI is InChI=1S/C18H24N8/c1-12-9-16(20-10-19-12)24(4)15-5-7-25(8-6-15)17-13(2)14(3)23-18-21-11-22-26(17)18/h9-11,15H,5-8H2,1-4H3. The van der Waals surface area contributed by atoms with Crippen LogP contribution in [0.3, 0.4) is 0 Å². The fourth-order valence-electron chi connectivity index (χ4n) is 3.67. The first kappa shape index (κ1) is 16.7. The zero-order chi connectivity index (χ0) is 18.3. The summed E-state index contributed by atoms with van der Waals surface area (Å²) in [6.07, 6.45) is 5.34. The Morgan fingerprint density at radius 1 is 1.04 bits per heavy atom. The highest BCUT2D eigenvalue weighted by Crippen LogP contribution is 2.27. The van der Waals surface area contributed by atoms with Gasteiger partial charge in [-0.1, -0.05) is 0 Å². The van der Waals surface area contributed by atoms with E-state index in [2.05, 4.69) is 48.8 Å². The van der Waals surface area contributed by atoms with Gasteiger partial charge in [-0.3, -0.25) is 0 Å². The van der Waals surface area contributed by atoms with Gasteiger partial charge in [0.05, 0.1) is 0 Å². The average molecular weight is 352 g/mol. The highest BCUT2D eigenvalue weighted by Gasteiger charge is 2.26. The third kappa shape index (κ3) is 2.85. The Hall–Kier alpha value is -2.77. The number of fused-ring (bicyclic) bond motifs is 1. The van der Waals surface area contributed by atoms with Crippen LogP contribution in [0, 0.1) is 20.8 Å². The Kier molecular flexibility index (Phi) is 4.18. The van der Waals surface area contributed by atoms with Gasteiger partial charge in [0.1, 0.15) is 24.3 Å². The van der Waals surface area contributed by atoms with Crippen LogP contribution >= 0.6 is 0 Å². The van der Waals surface area contributed by atoms with Gasteiger partial charge in [-0.25, -0.2) is 15.0 Å². The van der Waals surface area contributed by atoms with E-state index in [9.17, 15) is 0 Å². The topological polar surface area (TPSA) is 75.3 Å². The van der Waals surface area contributed by atoms with Gasteiger partial charge in [0.25, 0.3) is 5.78 Å². The van der Waals surface area contributed by atoms with Gasteiger partial charge in [0.2, 0.25) is 0 Å². The molecule has 0 radical (unpaired) electrons. The average Bonchev–Trinajstić information content (AvgIpc) is 3.10. The molecule has 0 saturated carbocycles. The maximum Gasteiger partial charge on any atom is 0.254 e. The third-order valence-corrected chi connectivity index (χ3v) is 5.34. The van der Waals surface area contributed by atoms with Crippen LogP contribution in [0.1, 0.15) is 29.8 Å². The van der Waals surface area contributed by atoms with Crippen LogP contribution in [0.25, 0.3) is 5.78 Å². The van der Waals surface area contributed by atoms with Crippen molar-refractivity contribution < 1.29 is 0 Å². The lowest BCUT2D eigenvalue weighted by Crippen LogP contribution is -2.44. The Morgan fingerprint density at radius 3 is 2.54 bits per heavy atom. The highest BCUT2D eigenvalue weighted by molar-refractivity contribution is 5.54. The number of nitrogens with zero attached hydrogens (tertiary/aromatic N) is 8. The first-order chi connectivity index (χ1) is 12.5. The summed E-state index contributed by atoms with van der Waals surface area (Å²) in [5, 5.41) is 4.38. The highest BCUT2D eigenvalue weighted by atomic mass is 15.4. The van der Waals surface area contributed by atoms with E-state index in [1.165, 1.54) is 5.56 Å². The fraction of sp³-hybridized carbons (Fsp3) is 0.500. The van der Waals surface area contributed by atoms with Gasteiger partial charge in [0, 0.05) is 49.2 Å². The van der Waals surface area contributed by atoms with Gasteiger partial charge < -0.3 is 9.80 Å². The van der Waals surface area contributed by atoms with Gasteiger partial charge in [0.15, 0.2) is 0 Å². The van der Waals surface area contributed by atoms with Gasteiger partial charge in [-0.05, 0) is 33.6 Å². The minimum atomic E-state index is 0.468. The van der Waals surface area contributed by atoms with Crippen molar-refractivity contribution in [2.75, 3.05) is 29.9 Å². The lowest BCUT2D eigenvalue weighted by molar-refractivity contribution is 0.475. The van der Waals surface area contributed by atoms with Crippen LogP contribution in [0.15, 0.2) is 18.7 Å². The largest absolute Gasteiger partial charge is 0.356 e. The molecular weight excluding hydrogens is 328 g/mol. The van der Waals surface area contributed by atoms with E-state index >= 15 is 0 Å². The van der Waals surface area contributed by atoms with Crippen LogP contribution in [-0.2, 0) is 0 Å². The quantitative estimate of drug-likeness (QED) is 0.713. The van der Waals surface area contributed by atoms with Crippen molar-refractivity contribution in [3.05, 3.63) is 35.7 Å². The number of aryl methyl sites for hydroxylation is 2. The van der Waals surface area contributed by atoms with E-state index in [1.807, 2.05) is 24.4 Å². The normalized spacial score (nSPS) is 15.6. The molecule has 0 unspecified atom stereocenters. The number of rotatable bonds is 3. The third-order valence-electron chi connectivity index (χ3n) is 5.34. The zero-order valence-electron chi connectivity index (χ0n) is 15.7.